The van der Waals surface area contributed by atoms with E-state index in [2.05, 4.69) is 20.0 Å². The third-order valence-electron chi connectivity index (χ3n) is 5.58. The number of para-hydroxylation sites is 2. The lowest BCUT2D eigenvalue weighted by Gasteiger charge is -2.16. The molecule has 0 spiro atoms. The quantitative estimate of drug-likeness (QED) is 0.241. The highest BCUT2D eigenvalue weighted by Crippen LogP contribution is 2.32. The van der Waals surface area contributed by atoms with Crippen LogP contribution in [-0.4, -0.2) is 48.9 Å². The number of aliphatic hydroxyl groups excluding tert-OH is 2. The highest BCUT2D eigenvalue weighted by Gasteiger charge is 2.20. The van der Waals surface area contributed by atoms with Crippen LogP contribution >= 0.6 is 0 Å². The minimum Gasteiger partial charge on any atom is -0.495 e. The number of aromatic nitrogens is 2. The summed E-state index contributed by atoms with van der Waals surface area (Å²) in [5.41, 5.74) is 3.52. The lowest BCUT2D eigenvalue weighted by atomic mass is 10.1. The Balaban J connectivity index is 1.69. The van der Waals surface area contributed by atoms with Crippen molar-refractivity contribution in [3.8, 4) is 5.75 Å². The molecule has 4 aromatic rings. The van der Waals surface area contributed by atoms with Gasteiger partial charge in [-0.15, -0.1) is 0 Å². The molecule has 0 fully saturated rings. The van der Waals surface area contributed by atoms with E-state index in [9.17, 15) is 13.5 Å². The molecule has 4 rings (SSSR count). The molecular weight excluding hydrogens is 480 g/mol. The van der Waals surface area contributed by atoms with Crippen LogP contribution in [0.15, 0.2) is 71.6 Å². The molecule has 0 aliphatic heterocycles. The van der Waals surface area contributed by atoms with Crippen molar-refractivity contribution in [2.75, 3.05) is 30.4 Å². The van der Waals surface area contributed by atoms with Gasteiger partial charge in [-0.1, -0.05) is 30.3 Å². The second kappa shape index (κ2) is 11.3. The lowest BCUT2D eigenvalue weighted by molar-refractivity contribution is 0.288. The van der Waals surface area contributed by atoms with E-state index in [1.807, 2.05) is 12.1 Å². The van der Waals surface area contributed by atoms with E-state index in [0.717, 1.165) is 11.1 Å². The molecule has 1 heterocycles. The first kappa shape index (κ1) is 25.4. The van der Waals surface area contributed by atoms with Crippen LogP contribution in [0.5, 0.6) is 5.75 Å². The van der Waals surface area contributed by atoms with Crippen LogP contribution in [0.3, 0.4) is 0 Å². The standard InChI is InChI=1S/C26H28N4O5S/c1-35-24-17-19(14-16-32)10-13-23(24)29-25-26(28-22-7-3-2-6-21(22)27-25)30-36(33,34)20-11-8-18(9-12-20)5-4-15-31/h2-3,6-13,17,31-32H,4-5,14-16H2,1H3,(H,27,29)(H,28,30). The summed E-state index contributed by atoms with van der Waals surface area (Å²) in [6, 6.07) is 19.1. The largest absolute Gasteiger partial charge is 0.495 e. The second-order valence-electron chi connectivity index (χ2n) is 8.12. The molecule has 4 N–H and O–H groups in total. The highest BCUT2D eigenvalue weighted by molar-refractivity contribution is 7.92. The van der Waals surface area contributed by atoms with E-state index in [1.54, 1.807) is 42.5 Å². The first-order valence-corrected chi connectivity index (χ1v) is 13.0. The Morgan fingerprint density at radius 1 is 0.833 bits per heavy atom. The average molecular weight is 509 g/mol. The van der Waals surface area contributed by atoms with Gasteiger partial charge < -0.3 is 20.3 Å². The Kier molecular flexibility index (Phi) is 7.99. The van der Waals surface area contributed by atoms with Crippen LogP contribution in [-0.2, 0) is 22.9 Å². The van der Waals surface area contributed by atoms with Crippen LogP contribution in [0.1, 0.15) is 17.5 Å². The first-order valence-electron chi connectivity index (χ1n) is 11.5. The number of hydrogen-bond acceptors (Lipinski definition) is 8. The van der Waals surface area contributed by atoms with Gasteiger partial charge in [0.05, 0.1) is 28.7 Å². The van der Waals surface area contributed by atoms with Crippen LogP contribution in [0.25, 0.3) is 11.0 Å². The summed E-state index contributed by atoms with van der Waals surface area (Å²) in [6.07, 6.45) is 1.75. The van der Waals surface area contributed by atoms with Gasteiger partial charge in [-0.3, -0.25) is 4.72 Å². The molecule has 0 aliphatic rings. The fourth-order valence-corrected chi connectivity index (χ4v) is 4.72. The fraction of sp³-hybridized carbons (Fsp3) is 0.231. The molecule has 0 saturated carbocycles. The van der Waals surface area contributed by atoms with E-state index >= 15 is 0 Å². The molecule has 0 saturated heterocycles. The zero-order chi connectivity index (χ0) is 25.5. The van der Waals surface area contributed by atoms with Gasteiger partial charge in [-0.25, -0.2) is 18.4 Å². The van der Waals surface area contributed by atoms with Gasteiger partial charge in [0.2, 0.25) is 0 Å². The molecule has 188 valence electrons. The number of aliphatic hydroxyl groups is 2. The van der Waals surface area contributed by atoms with E-state index in [-0.39, 0.29) is 29.7 Å². The van der Waals surface area contributed by atoms with E-state index in [0.29, 0.717) is 41.7 Å². The number of fused-ring (bicyclic) bond motifs is 1. The molecule has 3 aromatic carbocycles. The van der Waals surface area contributed by atoms with Gasteiger partial charge in [0.1, 0.15) is 5.75 Å². The molecule has 9 nitrogen and oxygen atoms in total. The van der Waals surface area contributed by atoms with Crippen molar-refractivity contribution in [1.29, 1.82) is 0 Å². The van der Waals surface area contributed by atoms with Gasteiger partial charge in [0, 0.05) is 13.2 Å². The zero-order valence-corrected chi connectivity index (χ0v) is 20.6. The molecule has 36 heavy (non-hydrogen) atoms. The lowest BCUT2D eigenvalue weighted by Crippen LogP contribution is -2.16. The zero-order valence-electron chi connectivity index (χ0n) is 19.8. The normalized spacial score (nSPS) is 11.4. The maximum absolute atomic E-state index is 13.2. The molecule has 0 bridgehead atoms. The van der Waals surface area contributed by atoms with Gasteiger partial charge in [0.15, 0.2) is 11.6 Å². The third-order valence-corrected chi connectivity index (χ3v) is 6.93. The second-order valence-corrected chi connectivity index (χ2v) is 9.80. The van der Waals surface area contributed by atoms with Crippen LogP contribution in [0, 0.1) is 0 Å². The Morgan fingerprint density at radius 3 is 2.14 bits per heavy atom. The Bertz CT molecular complexity index is 1440. The number of rotatable bonds is 11. The predicted molar refractivity (Wildman–Crippen MR) is 139 cm³/mol. The van der Waals surface area contributed by atoms with Crippen molar-refractivity contribution in [2.45, 2.75) is 24.2 Å². The van der Waals surface area contributed by atoms with Crippen molar-refractivity contribution >= 4 is 38.4 Å². The van der Waals surface area contributed by atoms with Gasteiger partial charge in [-0.05, 0) is 66.8 Å². The Hall–Kier alpha value is -3.73. The van der Waals surface area contributed by atoms with Crippen LogP contribution in [0.2, 0.25) is 0 Å². The molecule has 0 unspecified atom stereocenters. The summed E-state index contributed by atoms with van der Waals surface area (Å²) in [5.74, 6) is 0.771. The predicted octanol–water partition coefficient (Wildman–Crippen LogP) is 3.64. The third kappa shape index (κ3) is 5.91. The number of aryl methyl sites for hydroxylation is 1. The number of sulfonamides is 1. The minimum absolute atomic E-state index is 0.0143. The number of nitrogens with one attached hydrogen (secondary N) is 2. The summed E-state index contributed by atoms with van der Waals surface area (Å²) in [6.45, 7) is 0.0907. The van der Waals surface area contributed by atoms with Gasteiger partial charge in [0.25, 0.3) is 10.0 Å². The SMILES string of the molecule is COc1cc(CCO)ccc1Nc1nc2ccccc2nc1NS(=O)(=O)c1ccc(CCCO)cc1. The van der Waals surface area contributed by atoms with Gasteiger partial charge >= 0.3 is 0 Å². The van der Waals surface area contributed by atoms with E-state index < -0.39 is 10.0 Å². The van der Waals surface area contributed by atoms with Crippen molar-refractivity contribution < 1.29 is 23.4 Å². The summed E-state index contributed by atoms with van der Waals surface area (Å²) >= 11 is 0. The summed E-state index contributed by atoms with van der Waals surface area (Å²) in [4.78, 5) is 9.22. The van der Waals surface area contributed by atoms with Crippen molar-refractivity contribution in [2.24, 2.45) is 0 Å². The summed E-state index contributed by atoms with van der Waals surface area (Å²) < 4.78 is 34.5. The number of hydrogen-bond donors (Lipinski definition) is 4. The number of benzene rings is 3. The molecule has 0 aliphatic carbocycles. The van der Waals surface area contributed by atoms with Crippen molar-refractivity contribution in [1.82, 2.24) is 9.97 Å². The molecule has 0 radical (unpaired) electrons. The van der Waals surface area contributed by atoms with Crippen LogP contribution in [0.4, 0.5) is 17.3 Å². The van der Waals surface area contributed by atoms with E-state index in [1.165, 1.54) is 19.2 Å². The number of nitrogens with zero attached hydrogens (tertiary/aromatic N) is 2. The smallest absolute Gasteiger partial charge is 0.263 e. The number of ether oxygens (including phenoxy) is 1. The van der Waals surface area contributed by atoms with Crippen LogP contribution < -0.4 is 14.8 Å². The maximum atomic E-state index is 13.2. The molecule has 0 amide bonds. The Labute approximate surface area is 209 Å². The molecule has 0 atom stereocenters. The minimum atomic E-state index is -3.96. The molecule has 10 heteroatoms. The topological polar surface area (TPSA) is 134 Å². The Morgan fingerprint density at radius 2 is 1.50 bits per heavy atom. The number of anilines is 3. The monoisotopic (exact) mass is 508 g/mol. The molecular formula is C26H28N4O5S. The average Bonchev–Trinajstić information content (AvgIpc) is 2.88. The first-order chi connectivity index (χ1) is 17.4. The van der Waals surface area contributed by atoms with Gasteiger partial charge in [-0.2, -0.15) is 0 Å². The van der Waals surface area contributed by atoms with E-state index in [4.69, 9.17) is 9.84 Å². The fourth-order valence-electron chi connectivity index (χ4n) is 3.71. The highest BCUT2D eigenvalue weighted by atomic mass is 32.2. The van der Waals surface area contributed by atoms with Crippen molar-refractivity contribution in [3.63, 3.8) is 0 Å². The molecule has 1 aromatic heterocycles. The number of methoxy groups -OCH3 is 1. The summed E-state index contributed by atoms with van der Waals surface area (Å²) in [7, 11) is -2.43. The summed E-state index contributed by atoms with van der Waals surface area (Å²) in [5, 5.41) is 21.4. The van der Waals surface area contributed by atoms with Crippen molar-refractivity contribution in [3.05, 3.63) is 77.9 Å². The maximum Gasteiger partial charge on any atom is 0.263 e.